The molecule has 4 rings (SSSR count). The van der Waals surface area contributed by atoms with Gasteiger partial charge in [-0.3, -0.25) is 4.79 Å². The number of rotatable bonds is 4. The van der Waals surface area contributed by atoms with Crippen molar-refractivity contribution >= 4 is 44.5 Å². The maximum absolute atomic E-state index is 12.6. The number of benzene rings is 1. The van der Waals surface area contributed by atoms with Crippen molar-refractivity contribution in [3.63, 3.8) is 0 Å². The third-order valence-electron chi connectivity index (χ3n) is 4.55. The first-order valence-electron chi connectivity index (χ1n) is 8.47. The molecule has 0 bridgehead atoms. The predicted octanol–water partition coefficient (Wildman–Crippen LogP) is 4.55. The van der Waals surface area contributed by atoms with Crippen molar-refractivity contribution in [1.82, 2.24) is 15.5 Å². The molecule has 136 valence electrons. The predicted molar refractivity (Wildman–Crippen MR) is 112 cm³/mol. The van der Waals surface area contributed by atoms with Gasteiger partial charge in [-0.2, -0.15) is 5.10 Å². The van der Waals surface area contributed by atoms with Gasteiger partial charge in [0.25, 0.3) is 5.91 Å². The first kappa shape index (κ1) is 17.6. The zero-order valence-corrected chi connectivity index (χ0v) is 16.6. The SMILES string of the molecule is Cc1nnc2sc(C(=O)NCc3ccc(-c4cccs4)cc3)c(N)c2c1C. The number of anilines is 1. The fourth-order valence-electron chi connectivity index (χ4n) is 2.90. The van der Waals surface area contributed by atoms with Gasteiger partial charge in [-0.25, -0.2) is 0 Å². The van der Waals surface area contributed by atoms with Crippen LogP contribution >= 0.6 is 22.7 Å². The van der Waals surface area contributed by atoms with E-state index in [1.54, 1.807) is 11.3 Å². The Kier molecular flexibility index (Phi) is 4.63. The van der Waals surface area contributed by atoms with Crippen LogP contribution in [-0.4, -0.2) is 16.1 Å². The minimum absolute atomic E-state index is 0.185. The summed E-state index contributed by atoms with van der Waals surface area (Å²) < 4.78 is 0. The van der Waals surface area contributed by atoms with Crippen LogP contribution in [0.4, 0.5) is 5.69 Å². The van der Waals surface area contributed by atoms with Gasteiger partial charge < -0.3 is 11.1 Å². The van der Waals surface area contributed by atoms with E-state index in [9.17, 15) is 4.79 Å². The van der Waals surface area contributed by atoms with E-state index in [1.165, 1.54) is 21.8 Å². The van der Waals surface area contributed by atoms with E-state index < -0.39 is 0 Å². The van der Waals surface area contributed by atoms with Crippen molar-refractivity contribution in [2.24, 2.45) is 0 Å². The highest BCUT2D eigenvalue weighted by Crippen LogP contribution is 2.34. The van der Waals surface area contributed by atoms with E-state index in [0.29, 0.717) is 21.9 Å². The van der Waals surface area contributed by atoms with E-state index in [-0.39, 0.29) is 5.91 Å². The average molecular weight is 395 g/mol. The number of carbonyl (C=O) groups excluding carboxylic acids is 1. The highest BCUT2D eigenvalue weighted by Gasteiger charge is 2.19. The first-order chi connectivity index (χ1) is 13.0. The van der Waals surface area contributed by atoms with Crippen molar-refractivity contribution in [3.05, 3.63) is 63.5 Å². The molecule has 4 aromatic rings. The number of nitrogen functional groups attached to an aromatic ring is 1. The Labute approximate surface area is 164 Å². The van der Waals surface area contributed by atoms with Crippen LogP contribution in [0.25, 0.3) is 20.7 Å². The van der Waals surface area contributed by atoms with Gasteiger partial charge in [0.05, 0.1) is 11.4 Å². The Hall–Kier alpha value is -2.77. The summed E-state index contributed by atoms with van der Waals surface area (Å²) in [5, 5.41) is 14.1. The van der Waals surface area contributed by atoms with Gasteiger partial charge in [-0.1, -0.05) is 30.3 Å². The summed E-state index contributed by atoms with van der Waals surface area (Å²) in [6.45, 7) is 4.28. The number of aromatic nitrogens is 2. The van der Waals surface area contributed by atoms with Gasteiger partial charge in [-0.05, 0) is 42.0 Å². The quantitative estimate of drug-likeness (QED) is 0.532. The molecule has 0 spiro atoms. The summed E-state index contributed by atoms with van der Waals surface area (Å²) in [6.07, 6.45) is 0. The molecular formula is C20H18N4OS2. The highest BCUT2D eigenvalue weighted by molar-refractivity contribution is 7.21. The summed E-state index contributed by atoms with van der Waals surface area (Å²) in [7, 11) is 0. The van der Waals surface area contributed by atoms with Gasteiger partial charge in [-0.15, -0.1) is 27.8 Å². The van der Waals surface area contributed by atoms with E-state index in [1.807, 2.05) is 32.0 Å². The monoisotopic (exact) mass is 394 g/mol. The normalized spacial score (nSPS) is 11.0. The molecule has 0 fully saturated rings. The number of hydrogen-bond acceptors (Lipinski definition) is 6. The van der Waals surface area contributed by atoms with Crippen molar-refractivity contribution < 1.29 is 4.79 Å². The zero-order chi connectivity index (χ0) is 19.0. The van der Waals surface area contributed by atoms with E-state index >= 15 is 0 Å². The van der Waals surface area contributed by atoms with Crippen LogP contribution in [0.15, 0.2) is 41.8 Å². The maximum Gasteiger partial charge on any atom is 0.263 e. The molecule has 0 aliphatic rings. The van der Waals surface area contributed by atoms with Crippen LogP contribution < -0.4 is 11.1 Å². The van der Waals surface area contributed by atoms with Crippen LogP contribution in [0.5, 0.6) is 0 Å². The molecule has 0 aliphatic carbocycles. The molecule has 1 amide bonds. The summed E-state index contributed by atoms with van der Waals surface area (Å²) in [5.41, 5.74) is 10.7. The van der Waals surface area contributed by atoms with E-state index in [2.05, 4.69) is 39.1 Å². The molecule has 0 unspecified atom stereocenters. The molecular weight excluding hydrogens is 376 g/mol. The lowest BCUT2D eigenvalue weighted by Gasteiger charge is -2.06. The number of thiophene rings is 2. The largest absolute Gasteiger partial charge is 0.397 e. The maximum atomic E-state index is 12.6. The van der Waals surface area contributed by atoms with Crippen LogP contribution in [0, 0.1) is 13.8 Å². The van der Waals surface area contributed by atoms with Gasteiger partial charge in [0.2, 0.25) is 0 Å². The Balaban J connectivity index is 1.50. The number of aryl methyl sites for hydroxylation is 2. The number of amides is 1. The Morgan fingerprint density at radius 2 is 1.93 bits per heavy atom. The third kappa shape index (κ3) is 3.31. The fourth-order valence-corrected chi connectivity index (χ4v) is 4.65. The molecule has 3 heterocycles. The molecule has 1 aromatic carbocycles. The average Bonchev–Trinajstić information content (AvgIpc) is 3.32. The molecule has 27 heavy (non-hydrogen) atoms. The third-order valence-corrected chi connectivity index (χ3v) is 6.56. The number of nitrogens with two attached hydrogens (primary N) is 1. The highest BCUT2D eigenvalue weighted by atomic mass is 32.1. The molecule has 7 heteroatoms. The molecule has 0 atom stereocenters. The Bertz CT molecular complexity index is 1120. The van der Waals surface area contributed by atoms with Crippen LogP contribution in [-0.2, 0) is 6.54 Å². The van der Waals surface area contributed by atoms with Crippen LogP contribution in [0.1, 0.15) is 26.5 Å². The molecule has 5 nitrogen and oxygen atoms in total. The second-order valence-electron chi connectivity index (χ2n) is 6.29. The summed E-state index contributed by atoms with van der Waals surface area (Å²) >= 11 is 2.99. The number of fused-ring (bicyclic) bond motifs is 1. The van der Waals surface area contributed by atoms with Gasteiger partial charge in [0, 0.05) is 16.8 Å². The lowest BCUT2D eigenvalue weighted by Crippen LogP contribution is -2.22. The van der Waals surface area contributed by atoms with Crippen molar-refractivity contribution in [3.8, 4) is 10.4 Å². The van der Waals surface area contributed by atoms with Crippen LogP contribution in [0.3, 0.4) is 0 Å². The first-order valence-corrected chi connectivity index (χ1v) is 10.2. The second kappa shape index (κ2) is 7.09. The zero-order valence-electron chi connectivity index (χ0n) is 14.9. The fraction of sp³-hybridized carbons (Fsp3) is 0.150. The number of carbonyl (C=O) groups is 1. The van der Waals surface area contributed by atoms with Crippen molar-refractivity contribution in [2.45, 2.75) is 20.4 Å². The minimum Gasteiger partial charge on any atom is -0.397 e. The molecule has 0 radical (unpaired) electrons. The minimum atomic E-state index is -0.185. The summed E-state index contributed by atoms with van der Waals surface area (Å²) in [6, 6.07) is 12.3. The topological polar surface area (TPSA) is 80.9 Å². The smallest absolute Gasteiger partial charge is 0.263 e. The molecule has 0 saturated heterocycles. The number of nitrogens with one attached hydrogen (secondary N) is 1. The Morgan fingerprint density at radius 1 is 1.15 bits per heavy atom. The van der Waals surface area contributed by atoms with Gasteiger partial charge >= 0.3 is 0 Å². The number of hydrogen-bond donors (Lipinski definition) is 2. The van der Waals surface area contributed by atoms with Crippen molar-refractivity contribution in [1.29, 1.82) is 0 Å². The van der Waals surface area contributed by atoms with Crippen LogP contribution in [0.2, 0.25) is 0 Å². The standard InChI is InChI=1S/C20H18N4OS2/c1-11-12(2)23-24-20-16(11)17(21)18(27-20)19(25)22-10-13-5-7-14(8-6-13)15-4-3-9-26-15/h3-9H,10,21H2,1-2H3,(H,22,25). The summed E-state index contributed by atoms with van der Waals surface area (Å²) in [5.74, 6) is -0.185. The number of nitrogens with zero attached hydrogens (tertiary/aromatic N) is 2. The lowest BCUT2D eigenvalue weighted by atomic mass is 10.1. The van der Waals surface area contributed by atoms with Crippen molar-refractivity contribution in [2.75, 3.05) is 5.73 Å². The molecule has 3 N–H and O–H groups in total. The molecule has 0 aliphatic heterocycles. The Morgan fingerprint density at radius 3 is 2.63 bits per heavy atom. The molecule has 0 saturated carbocycles. The lowest BCUT2D eigenvalue weighted by molar-refractivity contribution is 0.0956. The summed E-state index contributed by atoms with van der Waals surface area (Å²) in [4.78, 5) is 15.0. The van der Waals surface area contributed by atoms with E-state index in [0.717, 1.165) is 22.2 Å². The van der Waals surface area contributed by atoms with Gasteiger partial charge in [0.1, 0.15) is 9.71 Å². The van der Waals surface area contributed by atoms with E-state index in [4.69, 9.17) is 5.73 Å². The molecule has 3 aromatic heterocycles. The second-order valence-corrected chi connectivity index (χ2v) is 8.24. The van der Waals surface area contributed by atoms with Gasteiger partial charge in [0.15, 0.2) is 0 Å².